The van der Waals surface area contributed by atoms with Gasteiger partial charge in [0.1, 0.15) is 11.6 Å². The lowest BCUT2D eigenvalue weighted by atomic mass is 9.70. The van der Waals surface area contributed by atoms with E-state index in [1.165, 1.54) is 50.2 Å². The predicted octanol–water partition coefficient (Wildman–Crippen LogP) is 2.02. The van der Waals surface area contributed by atoms with Crippen molar-refractivity contribution in [2.45, 2.75) is 63.8 Å². The molecule has 4 nitrogen and oxygen atoms in total. The zero-order valence-electron chi connectivity index (χ0n) is 11.4. The van der Waals surface area contributed by atoms with Gasteiger partial charge in [-0.2, -0.15) is 0 Å². The summed E-state index contributed by atoms with van der Waals surface area (Å²) in [5.41, 5.74) is 6.23. The lowest BCUT2D eigenvalue weighted by Gasteiger charge is -2.38. The highest BCUT2D eigenvalue weighted by Gasteiger charge is 2.39. The Morgan fingerprint density at radius 1 is 1.28 bits per heavy atom. The quantitative estimate of drug-likeness (QED) is 0.871. The van der Waals surface area contributed by atoms with Crippen molar-refractivity contribution in [2.24, 2.45) is 11.7 Å². The molecule has 0 amide bonds. The Labute approximate surface area is 109 Å². The molecule has 18 heavy (non-hydrogen) atoms. The SMILES string of the molecule is CC1CCC(CN)(c2nnc3n2CCCC3)CC1. The van der Waals surface area contributed by atoms with E-state index in [1.807, 2.05) is 0 Å². The van der Waals surface area contributed by atoms with Gasteiger partial charge < -0.3 is 10.3 Å². The van der Waals surface area contributed by atoms with E-state index in [2.05, 4.69) is 21.7 Å². The largest absolute Gasteiger partial charge is 0.329 e. The molecule has 100 valence electrons. The molecule has 1 aromatic heterocycles. The topological polar surface area (TPSA) is 56.7 Å². The Morgan fingerprint density at radius 2 is 2.06 bits per heavy atom. The van der Waals surface area contributed by atoms with Crippen molar-refractivity contribution in [3.8, 4) is 0 Å². The van der Waals surface area contributed by atoms with Gasteiger partial charge in [0.25, 0.3) is 0 Å². The molecular weight excluding hydrogens is 224 g/mol. The Bertz CT molecular complexity index is 415. The van der Waals surface area contributed by atoms with Crippen molar-refractivity contribution in [3.63, 3.8) is 0 Å². The van der Waals surface area contributed by atoms with Crippen molar-refractivity contribution >= 4 is 0 Å². The van der Waals surface area contributed by atoms with Crippen molar-refractivity contribution in [3.05, 3.63) is 11.6 Å². The number of fused-ring (bicyclic) bond motifs is 1. The summed E-state index contributed by atoms with van der Waals surface area (Å²) in [5, 5.41) is 8.92. The lowest BCUT2D eigenvalue weighted by molar-refractivity contribution is 0.228. The van der Waals surface area contributed by atoms with Crippen LogP contribution < -0.4 is 5.73 Å². The molecule has 1 saturated carbocycles. The second kappa shape index (κ2) is 4.65. The molecule has 1 aliphatic heterocycles. The maximum Gasteiger partial charge on any atom is 0.140 e. The molecule has 2 aliphatic rings. The molecule has 2 N–H and O–H groups in total. The van der Waals surface area contributed by atoms with Gasteiger partial charge >= 0.3 is 0 Å². The number of hydrogen-bond donors (Lipinski definition) is 1. The summed E-state index contributed by atoms with van der Waals surface area (Å²) < 4.78 is 2.37. The second-order valence-electron chi connectivity index (χ2n) is 6.22. The Hall–Kier alpha value is -0.900. The fourth-order valence-corrected chi connectivity index (χ4v) is 3.53. The van der Waals surface area contributed by atoms with Crippen molar-refractivity contribution < 1.29 is 0 Å². The van der Waals surface area contributed by atoms with E-state index in [1.54, 1.807) is 0 Å². The van der Waals surface area contributed by atoms with Crippen molar-refractivity contribution in [2.75, 3.05) is 6.54 Å². The van der Waals surface area contributed by atoms with E-state index >= 15 is 0 Å². The molecule has 3 rings (SSSR count). The minimum absolute atomic E-state index is 0.106. The van der Waals surface area contributed by atoms with Crippen molar-refractivity contribution in [1.29, 1.82) is 0 Å². The maximum absolute atomic E-state index is 6.13. The van der Waals surface area contributed by atoms with E-state index in [0.717, 1.165) is 25.4 Å². The van der Waals surface area contributed by atoms with Gasteiger partial charge in [0.15, 0.2) is 0 Å². The molecule has 0 saturated heterocycles. The first-order valence-corrected chi connectivity index (χ1v) is 7.38. The molecular formula is C14H24N4. The van der Waals surface area contributed by atoms with Crippen molar-refractivity contribution in [1.82, 2.24) is 14.8 Å². The summed E-state index contributed by atoms with van der Waals surface area (Å²) in [6.07, 6.45) is 8.52. The summed E-state index contributed by atoms with van der Waals surface area (Å²) in [5.74, 6) is 3.21. The first-order valence-electron chi connectivity index (χ1n) is 7.38. The average Bonchev–Trinajstić information content (AvgIpc) is 2.85. The molecule has 0 spiro atoms. The summed E-state index contributed by atoms with van der Waals surface area (Å²) in [7, 11) is 0. The zero-order valence-corrected chi connectivity index (χ0v) is 11.4. The molecule has 1 aromatic rings. The molecule has 0 radical (unpaired) electrons. The third-order valence-electron chi connectivity index (χ3n) is 4.96. The normalized spacial score (nSPS) is 32.2. The van der Waals surface area contributed by atoms with E-state index in [-0.39, 0.29) is 5.41 Å². The number of hydrogen-bond acceptors (Lipinski definition) is 3. The van der Waals surface area contributed by atoms with Gasteiger partial charge in [0.2, 0.25) is 0 Å². The highest BCUT2D eigenvalue weighted by molar-refractivity contribution is 5.14. The number of nitrogens with two attached hydrogens (primary N) is 1. The van der Waals surface area contributed by atoms with Gasteiger partial charge in [0.05, 0.1) is 0 Å². The van der Waals surface area contributed by atoms with Crippen LogP contribution in [0.2, 0.25) is 0 Å². The fourth-order valence-electron chi connectivity index (χ4n) is 3.53. The molecule has 0 aromatic carbocycles. The molecule has 0 unspecified atom stereocenters. The van der Waals surface area contributed by atoms with Crippen LogP contribution in [0.3, 0.4) is 0 Å². The highest BCUT2D eigenvalue weighted by atomic mass is 15.3. The van der Waals surface area contributed by atoms with E-state index in [9.17, 15) is 0 Å². The predicted molar refractivity (Wildman–Crippen MR) is 71.3 cm³/mol. The van der Waals surface area contributed by atoms with Crippen LogP contribution in [-0.2, 0) is 18.4 Å². The summed E-state index contributed by atoms with van der Waals surface area (Å²) in [4.78, 5) is 0. The smallest absolute Gasteiger partial charge is 0.140 e. The highest BCUT2D eigenvalue weighted by Crippen LogP contribution is 2.40. The average molecular weight is 248 g/mol. The maximum atomic E-state index is 6.13. The molecule has 1 fully saturated rings. The molecule has 0 bridgehead atoms. The Morgan fingerprint density at radius 3 is 2.78 bits per heavy atom. The minimum atomic E-state index is 0.106. The van der Waals surface area contributed by atoms with Crippen LogP contribution in [0.25, 0.3) is 0 Å². The van der Waals surface area contributed by atoms with Crippen LogP contribution in [0.5, 0.6) is 0 Å². The third kappa shape index (κ3) is 1.87. The fraction of sp³-hybridized carbons (Fsp3) is 0.857. The van der Waals surface area contributed by atoms with Gasteiger partial charge in [-0.1, -0.05) is 6.92 Å². The first-order chi connectivity index (χ1) is 8.75. The summed E-state index contributed by atoms with van der Waals surface area (Å²) >= 11 is 0. The van der Waals surface area contributed by atoms with E-state index in [0.29, 0.717) is 0 Å². The second-order valence-corrected chi connectivity index (χ2v) is 6.22. The van der Waals surface area contributed by atoms with Crippen LogP contribution in [0.4, 0.5) is 0 Å². The first kappa shape index (κ1) is 12.2. The summed E-state index contributed by atoms with van der Waals surface area (Å²) in [6.45, 7) is 4.16. The standard InChI is InChI=1S/C14H24N4/c1-11-5-7-14(10-15,8-6-11)13-17-16-12-4-2-3-9-18(12)13/h11H,2-10,15H2,1H3. The van der Waals surface area contributed by atoms with Gasteiger partial charge in [-0.3, -0.25) is 0 Å². The minimum Gasteiger partial charge on any atom is -0.329 e. The Kier molecular flexibility index (Phi) is 3.14. The molecule has 1 aliphatic carbocycles. The van der Waals surface area contributed by atoms with Crippen LogP contribution in [0.1, 0.15) is 57.1 Å². The molecule has 2 heterocycles. The summed E-state index contributed by atoms with van der Waals surface area (Å²) in [6, 6.07) is 0. The van der Waals surface area contributed by atoms with Gasteiger partial charge in [-0.15, -0.1) is 10.2 Å². The van der Waals surface area contributed by atoms with Crippen LogP contribution in [0, 0.1) is 5.92 Å². The van der Waals surface area contributed by atoms with E-state index in [4.69, 9.17) is 5.73 Å². The monoisotopic (exact) mass is 248 g/mol. The molecule has 0 atom stereocenters. The number of aryl methyl sites for hydroxylation is 1. The lowest BCUT2D eigenvalue weighted by Crippen LogP contribution is -2.41. The molecule has 4 heteroatoms. The Balaban J connectivity index is 1.94. The van der Waals surface area contributed by atoms with Gasteiger partial charge in [0, 0.05) is 24.9 Å². The number of nitrogens with zero attached hydrogens (tertiary/aromatic N) is 3. The van der Waals surface area contributed by atoms with Gasteiger partial charge in [-0.25, -0.2) is 0 Å². The zero-order chi connectivity index (χ0) is 12.6. The number of rotatable bonds is 2. The van der Waals surface area contributed by atoms with Crippen LogP contribution >= 0.6 is 0 Å². The van der Waals surface area contributed by atoms with Gasteiger partial charge in [-0.05, 0) is 44.4 Å². The van der Waals surface area contributed by atoms with Crippen LogP contribution in [-0.4, -0.2) is 21.3 Å². The number of aromatic nitrogens is 3. The van der Waals surface area contributed by atoms with E-state index < -0.39 is 0 Å². The van der Waals surface area contributed by atoms with Crippen LogP contribution in [0.15, 0.2) is 0 Å². The third-order valence-corrected chi connectivity index (χ3v) is 4.96.